The predicted octanol–water partition coefficient (Wildman–Crippen LogP) is 3.99. The standard InChI is InChI=1S/C18H17ClN4O2S/c1-24-18-10-14(11-22-23-12-20-21-13-23)2-7-17(18)25-8-9-26-16-5-3-15(19)4-6-16/h2-7,10-13H,8-9H2,1H3/b22-11-. The van der Waals surface area contributed by atoms with Gasteiger partial charge in [-0.3, -0.25) is 0 Å². The maximum Gasteiger partial charge on any atom is 0.161 e. The SMILES string of the molecule is COc1cc(/C=N\n2cnnc2)ccc1OCCSc1ccc(Cl)cc1. The molecule has 3 aromatic rings. The third-order valence-corrected chi connectivity index (χ3v) is 4.59. The van der Waals surface area contributed by atoms with Crippen LogP contribution in [0, 0.1) is 0 Å². The Balaban J connectivity index is 1.54. The van der Waals surface area contributed by atoms with Crippen LogP contribution in [0.25, 0.3) is 0 Å². The van der Waals surface area contributed by atoms with Crippen molar-refractivity contribution in [2.24, 2.45) is 5.10 Å². The Morgan fingerprint density at radius 2 is 1.88 bits per heavy atom. The number of ether oxygens (including phenoxy) is 2. The van der Waals surface area contributed by atoms with E-state index in [1.165, 1.54) is 17.3 Å². The zero-order valence-corrected chi connectivity index (χ0v) is 15.7. The van der Waals surface area contributed by atoms with Crippen molar-refractivity contribution in [3.05, 3.63) is 65.7 Å². The van der Waals surface area contributed by atoms with Gasteiger partial charge < -0.3 is 9.47 Å². The smallest absolute Gasteiger partial charge is 0.161 e. The van der Waals surface area contributed by atoms with Crippen molar-refractivity contribution in [3.8, 4) is 11.5 Å². The van der Waals surface area contributed by atoms with E-state index in [0.717, 1.165) is 21.2 Å². The highest BCUT2D eigenvalue weighted by Crippen LogP contribution is 2.28. The molecule has 0 amide bonds. The van der Waals surface area contributed by atoms with Crippen molar-refractivity contribution < 1.29 is 9.47 Å². The van der Waals surface area contributed by atoms with Gasteiger partial charge in [0.15, 0.2) is 11.5 Å². The predicted molar refractivity (Wildman–Crippen MR) is 104 cm³/mol. The maximum absolute atomic E-state index is 5.89. The number of nitrogens with zero attached hydrogens (tertiary/aromatic N) is 4. The minimum Gasteiger partial charge on any atom is -0.493 e. The number of hydrogen-bond acceptors (Lipinski definition) is 6. The van der Waals surface area contributed by atoms with E-state index in [9.17, 15) is 0 Å². The van der Waals surface area contributed by atoms with E-state index in [0.29, 0.717) is 18.1 Å². The van der Waals surface area contributed by atoms with Crippen LogP contribution in [0.2, 0.25) is 5.02 Å². The molecule has 1 heterocycles. The molecule has 8 heteroatoms. The van der Waals surface area contributed by atoms with Crippen LogP contribution < -0.4 is 9.47 Å². The second kappa shape index (κ2) is 9.26. The van der Waals surface area contributed by atoms with Gasteiger partial charge in [-0.25, -0.2) is 4.68 Å². The third kappa shape index (κ3) is 5.24. The summed E-state index contributed by atoms with van der Waals surface area (Å²) in [5.74, 6) is 2.18. The highest BCUT2D eigenvalue weighted by molar-refractivity contribution is 7.99. The van der Waals surface area contributed by atoms with E-state index < -0.39 is 0 Å². The molecule has 134 valence electrons. The fraction of sp³-hybridized carbons (Fsp3) is 0.167. The molecule has 0 spiro atoms. The molecule has 6 nitrogen and oxygen atoms in total. The third-order valence-electron chi connectivity index (χ3n) is 3.36. The van der Waals surface area contributed by atoms with Crippen molar-refractivity contribution in [3.63, 3.8) is 0 Å². The highest BCUT2D eigenvalue weighted by Gasteiger charge is 2.05. The normalized spacial score (nSPS) is 11.0. The molecule has 0 N–H and O–H groups in total. The van der Waals surface area contributed by atoms with Crippen LogP contribution >= 0.6 is 23.4 Å². The van der Waals surface area contributed by atoms with Crippen molar-refractivity contribution >= 4 is 29.6 Å². The minimum atomic E-state index is 0.567. The average Bonchev–Trinajstić information content (AvgIpc) is 3.19. The zero-order valence-electron chi connectivity index (χ0n) is 14.1. The Morgan fingerprint density at radius 3 is 2.62 bits per heavy atom. The molecular formula is C18H17ClN4O2S. The van der Waals surface area contributed by atoms with Crippen molar-refractivity contribution in [2.45, 2.75) is 4.90 Å². The van der Waals surface area contributed by atoms with E-state index in [1.807, 2.05) is 42.5 Å². The molecule has 2 aromatic carbocycles. The van der Waals surface area contributed by atoms with Crippen LogP contribution in [-0.2, 0) is 0 Å². The number of benzene rings is 2. The number of hydrogen-bond donors (Lipinski definition) is 0. The largest absolute Gasteiger partial charge is 0.493 e. The first-order valence-electron chi connectivity index (χ1n) is 7.83. The summed E-state index contributed by atoms with van der Waals surface area (Å²) in [4.78, 5) is 1.16. The lowest BCUT2D eigenvalue weighted by Gasteiger charge is -2.11. The Morgan fingerprint density at radius 1 is 1.12 bits per heavy atom. The van der Waals surface area contributed by atoms with Crippen LogP contribution in [0.15, 0.2) is 65.1 Å². The maximum atomic E-state index is 5.89. The van der Waals surface area contributed by atoms with Gasteiger partial charge in [0.25, 0.3) is 0 Å². The summed E-state index contributed by atoms with van der Waals surface area (Å²) in [6.07, 6.45) is 4.74. The lowest BCUT2D eigenvalue weighted by molar-refractivity contribution is 0.313. The van der Waals surface area contributed by atoms with Crippen molar-refractivity contribution in [2.75, 3.05) is 19.5 Å². The van der Waals surface area contributed by atoms with Gasteiger partial charge in [-0.05, 0) is 48.0 Å². The first-order valence-corrected chi connectivity index (χ1v) is 9.19. The Labute approximate surface area is 160 Å². The first kappa shape index (κ1) is 18.3. The average molecular weight is 389 g/mol. The molecule has 0 saturated carbocycles. The molecule has 0 unspecified atom stereocenters. The molecule has 0 saturated heterocycles. The zero-order chi connectivity index (χ0) is 18.2. The molecule has 0 bridgehead atoms. The Hall–Kier alpha value is -2.51. The summed E-state index contributed by atoms with van der Waals surface area (Å²) in [6, 6.07) is 13.4. The number of methoxy groups -OCH3 is 1. The van der Waals surface area contributed by atoms with Gasteiger partial charge in [0, 0.05) is 15.7 Å². The van der Waals surface area contributed by atoms with Crippen molar-refractivity contribution in [1.82, 2.24) is 14.9 Å². The summed E-state index contributed by atoms with van der Waals surface area (Å²) in [5, 5.41) is 12.3. The summed E-state index contributed by atoms with van der Waals surface area (Å²) >= 11 is 7.60. The van der Waals surface area contributed by atoms with Crippen LogP contribution in [-0.4, -0.2) is 40.6 Å². The fourth-order valence-corrected chi connectivity index (χ4v) is 2.97. The van der Waals surface area contributed by atoms with Crippen LogP contribution in [0.4, 0.5) is 0 Å². The molecule has 26 heavy (non-hydrogen) atoms. The van der Waals surface area contributed by atoms with Crippen LogP contribution in [0.3, 0.4) is 0 Å². The van der Waals surface area contributed by atoms with Gasteiger partial charge in [-0.2, -0.15) is 5.10 Å². The van der Waals surface area contributed by atoms with Gasteiger partial charge in [0.2, 0.25) is 0 Å². The second-order valence-electron chi connectivity index (χ2n) is 5.15. The first-order chi connectivity index (χ1) is 12.7. The van der Waals surface area contributed by atoms with Gasteiger partial charge in [-0.1, -0.05) is 11.6 Å². The molecule has 0 aliphatic carbocycles. The highest BCUT2D eigenvalue weighted by atomic mass is 35.5. The Bertz CT molecular complexity index is 854. The monoisotopic (exact) mass is 388 g/mol. The minimum absolute atomic E-state index is 0.567. The molecule has 0 radical (unpaired) electrons. The Kier molecular flexibility index (Phi) is 6.51. The lowest BCUT2D eigenvalue weighted by atomic mass is 10.2. The topological polar surface area (TPSA) is 61.5 Å². The molecule has 0 atom stereocenters. The summed E-state index contributed by atoms with van der Waals surface area (Å²) < 4.78 is 12.8. The van der Waals surface area contributed by atoms with E-state index in [2.05, 4.69) is 15.3 Å². The molecule has 0 aliphatic rings. The van der Waals surface area contributed by atoms with E-state index in [1.54, 1.807) is 25.1 Å². The van der Waals surface area contributed by atoms with Crippen LogP contribution in [0.5, 0.6) is 11.5 Å². The number of rotatable bonds is 8. The number of halogens is 1. The summed E-state index contributed by atoms with van der Waals surface area (Å²) in [7, 11) is 1.62. The second-order valence-corrected chi connectivity index (χ2v) is 6.75. The van der Waals surface area contributed by atoms with Crippen LogP contribution in [0.1, 0.15) is 5.56 Å². The molecule has 3 rings (SSSR count). The van der Waals surface area contributed by atoms with Gasteiger partial charge in [-0.15, -0.1) is 22.0 Å². The van der Waals surface area contributed by atoms with E-state index in [-0.39, 0.29) is 0 Å². The van der Waals surface area contributed by atoms with Gasteiger partial charge >= 0.3 is 0 Å². The van der Waals surface area contributed by atoms with E-state index in [4.69, 9.17) is 21.1 Å². The number of aromatic nitrogens is 3. The molecule has 0 fully saturated rings. The molecule has 1 aromatic heterocycles. The summed E-state index contributed by atoms with van der Waals surface area (Å²) in [5.41, 5.74) is 0.887. The van der Waals surface area contributed by atoms with Gasteiger partial charge in [0.1, 0.15) is 12.7 Å². The lowest BCUT2D eigenvalue weighted by Crippen LogP contribution is -2.02. The van der Waals surface area contributed by atoms with E-state index >= 15 is 0 Å². The fourth-order valence-electron chi connectivity index (χ4n) is 2.11. The van der Waals surface area contributed by atoms with Crippen molar-refractivity contribution in [1.29, 1.82) is 0 Å². The molecular weight excluding hydrogens is 372 g/mol. The summed E-state index contributed by atoms with van der Waals surface area (Å²) in [6.45, 7) is 0.567. The quantitative estimate of drug-likeness (QED) is 0.331. The number of thioether (sulfide) groups is 1. The van der Waals surface area contributed by atoms with Gasteiger partial charge in [0.05, 0.1) is 19.9 Å². The molecule has 0 aliphatic heterocycles.